The molecule has 2 nitrogen and oxygen atoms in total. The maximum Gasteiger partial charge on any atom is 0.359 e. The first-order valence-corrected chi connectivity index (χ1v) is 3.67. The van der Waals surface area contributed by atoms with Crippen molar-refractivity contribution < 1.29 is 9.90 Å². The van der Waals surface area contributed by atoms with E-state index >= 15 is 0 Å². The minimum absolute atomic E-state index is 0.171. The number of hydrogen-bond donors (Lipinski definition) is 0. The van der Waals surface area contributed by atoms with Crippen LogP contribution in [0.25, 0.3) is 0 Å². The van der Waals surface area contributed by atoms with E-state index in [0.717, 1.165) is 0 Å². The lowest BCUT2D eigenvalue weighted by atomic mass is 9.86. The van der Waals surface area contributed by atoms with E-state index in [2.05, 4.69) is 0 Å². The van der Waals surface area contributed by atoms with Crippen molar-refractivity contribution in [1.82, 2.24) is 0 Å². The van der Waals surface area contributed by atoms with Gasteiger partial charge in [-0.05, 0) is 11.8 Å². The van der Waals surface area contributed by atoms with E-state index < -0.39 is 5.97 Å². The van der Waals surface area contributed by atoms with Crippen molar-refractivity contribution in [2.75, 3.05) is 0 Å². The number of rotatable bonds is 3. The molecule has 59 valence electrons. The Bertz CT molecular complexity index is 108. The van der Waals surface area contributed by atoms with Crippen LogP contribution < -0.4 is 0 Å². The Morgan fingerprint density at radius 3 is 1.30 bits per heavy atom. The van der Waals surface area contributed by atoms with Gasteiger partial charge in [-0.2, -0.15) is 0 Å². The van der Waals surface area contributed by atoms with Gasteiger partial charge in [0.25, 0.3) is 0 Å². The molecule has 0 spiro atoms. The van der Waals surface area contributed by atoms with Crippen molar-refractivity contribution in [2.45, 2.75) is 27.7 Å². The molecule has 0 bridgehead atoms. The summed E-state index contributed by atoms with van der Waals surface area (Å²) in [5, 5.41) is 10.5. The van der Waals surface area contributed by atoms with Gasteiger partial charge in [0.05, 0.1) is 5.92 Å². The molecule has 0 N–H and O–H groups in total. The molecular weight excluding hydrogens is 128 g/mol. The van der Waals surface area contributed by atoms with Crippen LogP contribution in [0.4, 0.5) is 0 Å². The predicted molar refractivity (Wildman–Crippen MR) is 38.9 cm³/mol. The van der Waals surface area contributed by atoms with E-state index in [0.29, 0.717) is 0 Å². The summed E-state index contributed by atoms with van der Waals surface area (Å²) >= 11 is 0. The van der Waals surface area contributed by atoms with Gasteiger partial charge in [-0.1, -0.05) is 27.7 Å². The van der Waals surface area contributed by atoms with E-state index in [1.807, 2.05) is 27.7 Å². The van der Waals surface area contributed by atoms with E-state index in [4.69, 9.17) is 0 Å². The Morgan fingerprint density at radius 2 is 1.30 bits per heavy atom. The smallest absolute Gasteiger partial charge is 0.247 e. The molecule has 0 aromatic heterocycles. The fraction of sp³-hybridized carbons (Fsp3) is 0.875. The summed E-state index contributed by atoms with van der Waals surface area (Å²) in [6.45, 7) is 7.61. The average Bonchev–Trinajstić information content (AvgIpc) is 1.59. The third-order valence-electron chi connectivity index (χ3n) is 1.71. The van der Waals surface area contributed by atoms with Gasteiger partial charge in [-0.3, -0.25) is 0 Å². The molecule has 0 aromatic rings. The van der Waals surface area contributed by atoms with E-state index in [9.17, 15) is 9.90 Å². The van der Waals surface area contributed by atoms with Crippen molar-refractivity contribution >= 4 is 5.97 Å². The van der Waals surface area contributed by atoms with Crippen LogP contribution in [-0.2, 0) is 9.90 Å². The second-order valence-electron chi connectivity index (χ2n) is 3.33. The van der Waals surface area contributed by atoms with Crippen molar-refractivity contribution in [1.29, 1.82) is 0 Å². The highest BCUT2D eigenvalue weighted by atomic mass is 16.4. The lowest BCUT2D eigenvalue weighted by Gasteiger charge is -2.17. The lowest BCUT2D eigenvalue weighted by Crippen LogP contribution is -2.23. The average molecular weight is 143 g/mol. The molecule has 1 radical (unpaired) electrons. The van der Waals surface area contributed by atoms with Gasteiger partial charge in [-0.25, -0.2) is 9.90 Å². The number of carbonyl (C=O) groups is 1. The molecule has 10 heavy (non-hydrogen) atoms. The highest BCUT2D eigenvalue weighted by Crippen LogP contribution is 2.20. The first kappa shape index (κ1) is 9.47. The standard InChI is InChI=1S/C8H15O2/c1-5(2)7(6(3)4)8(9)10/h5-7H,1-4H3. The monoisotopic (exact) mass is 143 g/mol. The van der Waals surface area contributed by atoms with Crippen LogP contribution in [0.5, 0.6) is 0 Å². The van der Waals surface area contributed by atoms with Gasteiger partial charge in [0.1, 0.15) is 0 Å². The summed E-state index contributed by atoms with van der Waals surface area (Å²) < 4.78 is 0. The van der Waals surface area contributed by atoms with E-state index in [1.54, 1.807) is 0 Å². The molecule has 0 unspecified atom stereocenters. The first-order chi connectivity index (χ1) is 4.46. The van der Waals surface area contributed by atoms with Crippen LogP contribution in [0, 0.1) is 17.8 Å². The van der Waals surface area contributed by atoms with Crippen molar-refractivity contribution in [3.63, 3.8) is 0 Å². The fourth-order valence-corrected chi connectivity index (χ4v) is 1.31. The molecule has 0 amide bonds. The summed E-state index contributed by atoms with van der Waals surface area (Å²) in [4.78, 5) is 10.5. The quantitative estimate of drug-likeness (QED) is 0.594. The van der Waals surface area contributed by atoms with Crippen LogP contribution in [0.1, 0.15) is 27.7 Å². The number of hydrogen-bond acceptors (Lipinski definition) is 1. The molecular formula is C8H15O2. The molecule has 0 aliphatic rings. The summed E-state index contributed by atoms with van der Waals surface area (Å²) in [5.74, 6) is -0.889. The van der Waals surface area contributed by atoms with Gasteiger partial charge < -0.3 is 0 Å². The molecule has 0 saturated carbocycles. The largest absolute Gasteiger partial charge is 0.359 e. The minimum Gasteiger partial charge on any atom is -0.247 e. The second-order valence-corrected chi connectivity index (χ2v) is 3.33. The zero-order chi connectivity index (χ0) is 8.31. The Hall–Kier alpha value is -0.530. The van der Waals surface area contributed by atoms with Gasteiger partial charge in [0.2, 0.25) is 0 Å². The van der Waals surface area contributed by atoms with Crippen molar-refractivity contribution in [3.05, 3.63) is 0 Å². The summed E-state index contributed by atoms with van der Waals surface area (Å²) in [6.07, 6.45) is 0. The zero-order valence-corrected chi connectivity index (χ0v) is 7.05. The van der Waals surface area contributed by atoms with E-state index in [1.165, 1.54) is 0 Å². The third-order valence-corrected chi connectivity index (χ3v) is 1.71. The molecule has 0 rings (SSSR count). The van der Waals surface area contributed by atoms with Crippen molar-refractivity contribution in [2.24, 2.45) is 17.8 Å². The molecule has 0 heterocycles. The van der Waals surface area contributed by atoms with Crippen LogP contribution in [-0.4, -0.2) is 5.97 Å². The molecule has 2 heteroatoms. The zero-order valence-electron chi connectivity index (χ0n) is 7.05. The van der Waals surface area contributed by atoms with Gasteiger partial charge in [0.15, 0.2) is 0 Å². The Labute approximate surface area is 62.2 Å². The van der Waals surface area contributed by atoms with Crippen LogP contribution in [0.15, 0.2) is 0 Å². The normalized spacial score (nSPS) is 11.5. The lowest BCUT2D eigenvalue weighted by molar-refractivity contribution is -0.151. The summed E-state index contributed by atoms with van der Waals surface area (Å²) in [6, 6.07) is 0. The molecule has 0 atom stereocenters. The van der Waals surface area contributed by atoms with Crippen molar-refractivity contribution in [3.8, 4) is 0 Å². The van der Waals surface area contributed by atoms with Crippen LogP contribution in [0.2, 0.25) is 0 Å². The maximum atomic E-state index is 10.5. The second kappa shape index (κ2) is 3.59. The summed E-state index contributed by atoms with van der Waals surface area (Å²) in [5.41, 5.74) is 0. The minimum atomic E-state index is -0.926. The van der Waals surface area contributed by atoms with Gasteiger partial charge in [-0.15, -0.1) is 0 Å². The molecule has 0 aromatic carbocycles. The molecule has 0 saturated heterocycles. The van der Waals surface area contributed by atoms with Gasteiger partial charge >= 0.3 is 5.97 Å². The third kappa shape index (κ3) is 2.38. The van der Waals surface area contributed by atoms with Gasteiger partial charge in [0, 0.05) is 0 Å². The first-order valence-electron chi connectivity index (χ1n) is 3.67. The molecule has 0 aliphatic heterocycles. The van der Waals surface area contributed by atoms with Crippen LogP contribution in [0.3, 0.4) is 0 Å². The highest BCUT2D eigenvalue weighted by Gasteiger charge is 2.25. The SMILES string of the molecule is CC(C)C(C([O])=O)C(C)C. The Kier molecular flexibility index (Phi) is 3.40. The molecule has 0 aliphatic carbocycles. The van der Waals surface area contributed by atoms with Crippen LogP contribution >= 0.6 is 0 Å². The Morgan fingerprint density at radius 1 is 1.00 bits per heavy atom. The van der Waals surface area contributed by atoms with E-state index in [-0.39, 0.29) is 17.8 Å². The summed E-state index contributed by atoms with van der Waals surface area (Å²) in [7, 11) is 0. The predicted octanol–water partition coefficient (Wildman–Crippen LogP) is 1.87. The maximum absolute atomic E-state index is 10.5. The topological polar surface area (TPSA) is 37.0 Å². The fourth-order valence-electron chi connectivity index (χ4n) is 1.31. The number of carbonyl (C=O) groups excluding carboxylic acids is 1. The Balaban J connectivity index is 4.12. The molecule has 0 fully saturated rings. The highest BCUT2D eigenvalue weighted by molar-refractivity contribution is 5.70.